The second-order valence-corrected chi connectivity index (χ2v) is 8.47. The van der Waals surface area contributed by atoms with Crippen LogP contribution < -0.4 is 9.47 Å². The Hall–Kier alpha value is -1.38. The topological polar surface area (TPSA) is 63.6 Å². The Balaban J connectivity index is 1.27. The minimum atomic E-state index is -0.538. The average molecular weight is 407 g/mol. The minimum absolute atomic E-state index is 0.253. The quantitative estimate of drug-likeness (QED) is 0.697. The van der Waals surface area contributed by atoms with Gasteiger partial charge in [0, 0.05) is 57.7 Å². The van der Waals surface area contributed by atoms with Crippen LogP contribution in [0.1, 0.15) is 12.0 Å². The first-order valence-electron chi connectivity index (χ1n) is 10.8. The molecule has 162 valence electrons. The lowest BCUT2D eigenvalue weighted by atomic mass is 10.0. The molecule has 7 nitrogen and oxygen atoms in total. The molecule has 0 bridgehead atoms. The van der Waals surface area contributed by atoms with Gasteiger partial charge in [-0.3, -0.25) is 9.80 Å². The van der Waals surface area contributed by atoms with Crippen LogP contribution >= 0.6 is 0 Å². The van der Waals surface area contributed by atoms with Crippen molar-refractivity contribution in [1.82, 2.24) is 9.80 Å². The van der Waals surface area contributed by atoms with E-state index in [2.05, 4.69) is 21.9 Å². The lowest BCUT2D eigenvalue weighted by Crippen LogP contribution is -2.37. The molecule has 1 aromatic carbocycles. The van der Waals surface area contributed by atoms with E-state index < -0.39 is 6.10 Å². The number of aliphatic hydroxyl groups excluding tert-OH is 1. The fourth-order valence-electron chi connectivity index (χ4n) is 4.62. The van der Waals surface area contributed by atoms with E-state index in [0.717, 1.165) is 71.3 Å². The summed E-state index contributed by atoms with van der Waals surface area (Å²) in [5.41, 5.74) is 1.22. The summed E-state index contributed by atoms with van der Waals surface area (Å²) < 4.78 is 22.5. The highest BCUT2D eigenvalue weighted by molar-refractivity contribution is 5.43. The Bertz CT molecular complexity index is 638. The number of rotatable bonds is 8. The summed E-state index contributed by atoms with van der Waals surface area (Å²) in [7, 11) is 1.66. The summed E-state index contributed by atoms with van der Waals surface area (Å²) in [5, 5.41) is 10.4. The Morgan fingerprint density at radius 1 is 1.07 bits per heavy atom. The number of methoxy groups -OCH3 is 1. The molecular weight excluding hydrogens is 372 g/mol. The number of ether oxygens (including phenoxy) is 4. The number of β-amino-alcohol motifs (C(OH)–C–C–N with tert-alkyl or cyclic N) is 1. The lowest BCUT2D eigenvalue weighted by molar-refractivity contribution is 0.0649. The van der Waals surface area contributed by atoms with E-state index in [4.69, 9.17) is 18.9 Å². The number of nitrogens with zero attached hydrogens (tertiary/aromatic N) is 2. The molecule has 0 amide bonds. The molecule has 0 saturated carbocycles. The van der Waals surface area contributed by atoms with Gasteiger partial charge in [0.25, 0.3) is 0 Å². The first-order chi connectivity index (χ1) is 14.2. The summed E-state index contributed by atoms with van der Waals surface area (Å²) in [6, 6.07) is 6.11. The first-order valence-corrected chi connectivity index (χ1v) is 10.8. The first kappa shape index (κ1) is 20.9. The summed E-state index contributed by atoms with van der Waals surface area (Å²) in [6.07, 6.45) is 0.470. The number of fused-ring (bicyclic) bond motifs is 1. The van der Waals surface area contributed by atoms with Gasteiger partial charge in [0.05, 0.1) is 26.9 Å². The largest absolute Gasteiger partial charge is 0.493 e. The van der Waals surface area contributed by atoms with Crippen LogP contribution in [0, 0.1) is 11.8 Å². The third-order valence-corrected chi connectivity index (χ3v) is 6.17. The van der Waals surface area contributed by atoms with Crippen molar-refractivity contribution in [3.05, 3.63) is 23.8 Å². The highest BCUT2D eigenvalue weighted by Crippen LogP contribution is 2.32. The van der Waals surface area contributed by atoms with Crippen LogP contribution in [0.2, 0.25) is 0 Å². The van der Waals surface area contributed by atoms with Gasteiger partial charge in [-0.05, 0) is 24.1 Å². The third-order valence-electron chi connectivity index (χ3n) is 6.17. The Morgan fingerprint density at radius 3 is 2.69 bits per heavy atom. The van der Waals surface area contributed by atoms with E-state index in [1.54, 1.807) is 7.11 Å². The predicted octanol–water partition coefficient (Wildman–Crippen LogP) is 1.24. The molecule has 1 aromatic rings. The van der Waals surface area contributed by atoms with E-state index >= 15 is 0 Å². The average Bonchev–Trinajstić information content (AvgIpc) is 3.21. The van der Waals surface area contributed by atoms with E-state index in [9.17, 15) is 5.11 Å². The van der Waals surface area contributed by atoms with Crippen molar-refractivity contribution in [2.75, 3.05) is 72.9 Å². The van der Waals surface area contributed by atoms with Crippen LogP contribution in [-0.2, 0) is 16.0 Å². The predicted molar refractivity (Wildman–Crippen MR) is 109 cm³/mol. The normalized spacial score (nSPS) is 26.8. The Kier molecular flexibility index (Phi) is 7.26. The van der Waals surface area contributed by atoms with Crippen molar-refractivity contribution in [2.24, 2.45) is 11.8 Å². The number of benzene rings is 1. The molecule has 29 heavy (non-hydrogen) atoms. The van der Waals surface area contributed by atoms with Crippen molar-refractivity contribution < 1.29 is 24.1 Å². The van der Waals surface area contributed by atoms with Crippen LogP contribution in [0.15, 0.2) is 18.2 Å². The van der Waals surface area contributed by atoms with Crippen LogP contribution in [-0.4, -0.2) is 93.9 Å². The summed E-state index contributed by atoms with van der Waals surface area (Å²) in [5.74, 6) is 2.79. The standard InChI is InChI=1S/C22H34N2O5/c1-26-22-9-17(10-24-11-18-14-28-15-19(18)12-24)3-4-21(22)29-16-20(25)13-23-5-2-7-27-8-6-23/h3-4,9,18-20,25H,2,5-8,10-16H2,1H3/t18-,19+,20?. The third kappa shape index (κ3) is 5.61. The smallest absolute Gasteiger partial charge is 0.161 e. The van der Waals surface area contributed by atoms with Gasteiger partial charge in [0.2, 0.25) is 0 Å². The molecule has 1 unspecified atom stereocenters. The van der Waals surface area contributed by atoms with E-state index in [-0.39, 0.29) is 6.61 Å². The Labute approximate surface area is 173 Å². The molecule has 3 saturated heterocycles. The second-order valence-electron chi connectivity index (χ2n) is 8.47. The van der Waals surface area contributed by atoms with Gasteiger partial charge in [-0.15, -0.1) is 0 Å². The van der Waals surface area contributed by atoms with Crippen LogP contribution in [0.3, 0.4) is 0 Å². The zero-order chi connectivity index (χ0) is 20.1. The minimum Gasteiger partial charge on any atom is -0.493 e. The maximum Gasteiger partial charge on any atom is 0.161 e. The fourth-order valence-corrected chi connectivity index (χ4v) is 4.62. The van der Waals surface area contributed by atoms with Crippen molar-refractivity contribution in [1.29, 1.82) is 0 Å². The maximum atomic E-state index is 10.4. The SMILES string of the molecule is COc1cc(CN2C[C@H]3COC[C@H]3C2)ccc1OCC(O)CN1CCCOCC1. The molecule has 0 aromatic heterocycles. The molecule has 0 radical (unpaired) electrons. The number of likely N-dealkylation sites (tertiary alicyclic amines) is 1. The van der Waals surface area contributed by atoms with Crippen molar-refractivity contribution in [3.63, 3.8) is 0 Å². The van der Waals surface area contributed by atoms with Gasteiger partial charge >= 0.3 is 0 Å². The molecule has 3 fully saturated rings. The number of aliphatic hydroxyl groups is 1. The maximum absolute atomic E-state index is 10.4. The van der Waals surface area contributed by atoms with Crippen LogP contribution in [0.25, 0.3) is 0 Å². The molecule has 7 heteroatoms. The highest BCUT2D eigenvalue weighted by atomic mass is 16.5. The monoisotopic (exact) mass is 406 g/mol. The molecule has 3 aliphatic heterocycles. The summed E-state index contributed by atoms with van der Waals surface area (Å²) in [6.45, 7) is 9.16. The van der Waals surface area contributed by atoms with E-state index in [1.807, 2.05) is 6.07 Å². The molecular formula is C22H34N2O5. The van der Waals surface area contributed by atoms with Gasteiger partial charge in [0.15, 0.2) is 11.5 Å². The summed E-state index contributed by atoms with van der Waals surface area (Å²) >= 11 is 0. The molecule has 0 spiro atoms. The van der Waals surface area contributed by atoms with Gasteiger partial charge < -0.3 is 24.1 Å². The van der Waals surface area contributed by atoms with Gasteiger partial charge in [-0.25, -0.2) is 0 Å². The van der Waals surface area contributed by atoms with Crippen molar-refractivity contribution >= 4 is 0 Å². The number of hydrogen-bond donors (Lipinski definition) is 1. The summed E-state index contributed by atoms with van der Waals surface area (Å²) in [4.78, 5) is 4.74. The van der Waals surface area contributed by atoms with Gasteiger partial charge in [-0.1, -0.05) is 6.07 Å². The van der Waals surface area contributed by atoms with Gasteiger partial charge in [-0.2, -0.15) is 0 Å². The highest BCUT2D eigenvalue weighted by Gasteiger charge is 2.36. The molecule has 4 rings (SSSR count). The van der Waals surface area contributed by atoms with Crippen molar-refractivity contribution in [2.45, 2.75) is 19.1 Å². The molecule has 3 atom stereocenters. The van der Waals surface area contributed by atoms with E-state index in [1.165, 1.54) is 5.56 Å². The molecule has 0 aliphatic carbocycles. The molecule has 3 aliphatic rings. The van der Waals surface area contributed by atoms with Crippen molar-refractivity contribution in [3.8, 4) is 11.5 Å². The zero-order valence-electron chi connectivity index (χ0n) is 17.4. The van der Waals surface area contributed by atoms with E-state index in [0.29, 0.717) is 24.1 Å². The molecule has 3 heterocycles. The zero-order valence-corrected chi connectivity index (χ0v) is 17.4. The Morgan fingerprint density at radius 2 is 1.90 bits per heavy atom. The second kappa shape index (κ2) is 10.1. The number of hydrogen-bond acceptors (Lipinski definition) is 7. The fraction of sp³-hybridized carbons (Fsp3) is 0.727. The van der Waals surface area contributed by atoms with Gasteiger partial charge in [0.1, 0.15) is 12.7 Å². The molecule has 1 N–H and O–H groups in total. The lowest BCUT2D eigenvalue weighted by Gasteiger charge is -2.23. The van der Waals surface area contributed by atoms with Crippen LogP contribution in [0.4, 0.5) is 0 Å². The van der Waals surface area contributed by atoms with Crippen LogP contribution in [0.5, 0.6) is 11.5 Å².